The van der Waals surface area contributed by atoms with E-state index in [1.54, 1.807) is 43.3 Å². The van der Waals surface area contributed by atoms with Crippen LogP contribution in [-0.2, 0) is 4.79 Å². The van der Waals surface area contributed by atoms with Gasteiger partial charge in [-0.25, -0.2) is 9.36 Å². The molecule has 0 spiro atoms. The molecular formula is C21H14Cl2N4O4. The summed E-state index contributed by atoms with van der Waals surface area (Å²) in [7, 11) is 0. The highest BCUT2D eigenvalue weighted by Gasteiger charge is 2.30. The van der Waals surface area contributed by atoms with E-state index in [0.29, 0.717) is 21.4 Å². The van der Waals surface area contributed by atoms with Gasteiger partial charge in [0.1, 0.15) is 5.56 Å². The maximum absolute atomic E-state index is 12.9. The third kappa shape index (κ3) is 3.78. The summed E-state index contributed by atoms with van der Waals surface area (Å²) < 4.78 is 0.889. The van der Waals surface area contributed by atoms with E-state index in [9.17, 15) is 19.5 Å². The number of carbonyl (C=O) groups excluding carboxylic acids is 1. The van der Waals surface area contributed by atoms with E-state index in [4.69, 9.17) is 23.2 Å². The Morgan fingerprint density at radius 3 is 2.26 bits per heavy atom. The van der Waals surface area contributed by atoms with Gasteiger partial charge in [-0.2, -0.15) is 10.1 Å². The number of nitrogens with one attached hydrogen (secondary N) is 1. The van der Waals surface area contributed by atoms with Crippen molar-refractivity contribution >= 4 is 46.6 Å². The lowest BCUT2D eigenvalue weighted by Gasteiger charge is -2.12. The van der Waals surface area contributed by atoms with Crippen LogP contribution < -0.4 is 16.3 Å². The molecule has 0 saturated carbocycles. The molecule has 1 aliphatic rings. The second kappa shape index (κ2) is 7.90. The van der Waals surface area contributed by atoms with Crippen LogP contribution in [0.2, 0.25) is 10.0 Å². The fourth-order valence-corrected chi connectivity index (χ4v) is 3.50. The fourth-order valence-electron chi connectivity index (χ4n) is 3.13. The highest BCUT2D eigenvalue weighted by atomic mass is 35.5. The van der Waals surface area contributed by atoms with E-state index in [0.717, 1.165) is 9.58 Å². The fraction of sp³-hybridized carbons (Fsp3) is 0.0476. The van der Waals surface area contributed by atoms with E-state index >= 15 is 0 Å². The molecule has 156 valence electrons. The predicted octanol–water partition coefficient (Wildman–Crippen LogP) is 3.34. The number of H-pyrrole nitrogens is 1. The number of hydrazone groups is 1. The van der Waals surface area contributed by atoms with Gasteiger partial charge in [0.15, 0.2) is 0 Å². The summed E-state index contributed by atoms with van der Waals surface area (Å²) in [6, 6.07) is 12.7. The van der Waals surface area contributed by atoms with Crippen molar-refractivity contribution in [2.75, 3.05) is 5.01 Å². The minimum absolute atomic E-state index is 0.0806. The van der Waals surface area contributed by atoms with Crippen LogP contribution in [0.4, 0.5) is 5.69 Å². The molecule has 4 rings (SSSR count). The molecule has 1 aromatic heterocycles. The normalized spacial score (nSPS) is 14.9. The average Bonchev–Trinajstić information content (AvgIpc) is 2.99. The van der Waals surface area contributed by atoms with E-state index in [2.05, 4.69) is 10.1 Å². The van der Waals surface area contributed by atoms with Gasteiger partial charge in [-0.05, 0) is 49.4 Å². The quantitative estimate of drug-likeness (QED) is 0.589. The summed E-state index contributed by atoms with van der Waals surface area (Å²) in [6.07, 6.45) is 1.19. The van der Waals surface area contributed by atoms with Crippen molar-refractivity contribution in [2.24, 2.45) is 5.10 Å². The van der Waals surface area contributed by atoms with Gasteiger partial charge in [-0.15, -0.1) is 0 Å². The van der Waals surface area contributed by atoms with E-state index in [1.807, 2.05) is 0 Å². The van der Waals surface area contributed by atoms with Crippen LogP contribution in [0.25, 0.3) is 11.8 Å². The topological polar surface area (TPSA) is 108 Å². The number of aromatic nitrogens is 2. The first-order valence-electron chi connectivity index (χ1n) is 8.98. The second-order valence-electron chi connectivity index (χ2n) is 6.65. The molecule has 0 radical (unpaired) electrons. The summed E-state index contributed by atoms with van der Waals surface area (Å²) in [5, 5.41) is 16.8. The van der Waals surface area contributed by atoms with Gasteiger partial charge >= 0.3 is 5.69 Å². The molecule has 10 heteroatoms. The molecule has 2 aromatic carbocycles. The Balaban J connectivity index is 1.83. The lowest BCUT2D eigenvalue weighted by molar-refractivity contribution is -0.114. The SMILES string of the molecule is CC1=NN(c2cccc(Cl)c2)C(=O)/C1=C\c1c(O)n(-c2cccc(Cl)c2)c(=O)[nH]c1=O. The monoisotopic (exact) mass is 456 g/mol. The highest BCUT2D eigenvalue weighted by molar-refractivity contribution is 6.33. The van der Waals surface area contributed by atoms with E-state index in [-0.39, 0.29) is 16.8 Å². The van der Waals surface area contributed by atoms with Crippen LogP contribution in [0, 0.1) is 0 Å². The van der Waals surface area contributed by atoms with Gasteiger partial charge in [0.05, 0.1) is 22.7 Å². The molecule has 2 N–H and O–H groups in total. The standard InChI is InChI=1S/C21H14Cl2N4O4/c1-11-16(20(30)27(25-11)15-7-3-5-13(23)9-15)10-17-18(28)24-21(31)26(19(17)29)14-6-2-4-12(22)8-14/h2-10,29H,1H3,(H,24,28,31)/b16-10-. The first kappa shape index (κ1) is 20.6. The van der Waals surface area contributed by atoms with Crippen molar-refractivity contribution in [1.82, 2.24) is 9.55 Å². The van der Waals surface area contributed by atoms with Crippen molar-refractivity contribution in [3.8, 4) is 11.6 Å². The van der Waals surface area contributed by atoms with Crippen LogP contribution in [-0.4, -0.2) is 26.3 Å². The number of rotatable bonds is 3. The number of carbonyl (C=O) groups is 1. The van der Waals surface area contributed by atoms with Crippen LogP contribution in [0.1, 0.15) is 12.5 Å². The zero-order valence-electron chi connectivity index (χ0n) is 16.0. The summed E-state index contributed by atoms with van der Waals surface area (Å²) in [6.45, 7) is 1.59. The molecule has 8 nitrogen and oxygen atoms in total. The van der Waals surface area contributed by atoms with Crippen molar-refractivity contribution in [2.45, 2.75) is 6.92 Å². The van der Waals surface area contributed by atoms with Crippen molar-refractivity contribution in [1.29, 1.82) is 0 Å². The first-order chi connectivity index (χ1) is 14.8. The Kier molecular flexibility index (Phi) is 5.26. The van der Waals surface area contributed by atoms with Crippen molar-refractivity contribution in [3.63, 3.8) is 0 Å². The number of hydrogen-bond acceptors (Lipinski definition) is 5. The van der Waals surface area contributed by atoms with Crippen LogP contribution in [0.5, 0.6) is 5.88 Å². The zero-order valence-corrected chi connectivity index (χ0v) is 17.5. The molecule has 0 atom stereocenters. The van der Waals surface area contributed by atoms with E-state index < -0.39 is 23.0 Å². The molecule has 3 aromatic rings. The van der Waals surface area contributed by atoms with Gasteiger partial charge in [0, 0.05) is 10.0 Å². The summed E-state index contributed by atoms with van der Waals surface area (Å²) in [5.74, 6) is -1.15. The smallest absolute Gasteiger partial charge is 0.335 e. The molecule has 1 amide bonds. The maximum atomic E-state index is 12.9. The largest absolute Gasteiger partial charge is 0.494 e. The molecule has 1 aliphatic heterocycles. The van der Waals surface area contributed by atoms with E-state index in [1.165, 1.54) is 18.2 Å². The highest BCUT2D eigenvalue weighted by Crippen LogP contribution is 2.28. The Morgan fingerprint density at radius 1 is 1.00 bits per heavy atom. The number of amides is 1. The van der Waals surface area contributed by atoms with Crippen LogP contribution >= 0.6 is 23.2 Å². The van der Waals surface area contributed by atoms with Crippen molar-refractivity contribution in [3.05, 3.63) is 90.6 Å². The molecular weight excluding hydrogens is 443 g/mol. The zero-order chi connectivity index (χ0) is 22.3. The average molecular weight is 457 g/mol. The molecule has 0 saturated heterocycles. The second-order valence-corrected chi connectivity index (χ2v) is 7.52. The Morgan fingerprint density at radius 2 is 1.61 bits per heavy atom. The summed E-state index contributed by atoms with van der Waals surface area (Å²) in [4.78, 5) is 39.8. The number of nitrogens with zero attached hydrogens (tertiary/aromatic N) is 3. The lowest BCUT2D eigenvalue weighted by atomic mass is 10.1. The molecule has 0 fully saturated rings. The van der Waals surface area contributed by atoms with Gasteiger partial charge in [0.25, 0.3) is 11.5 Å². The predicted molar refractivity (Wildman–Crippen MR) is 119 cm³/mol. The number of anilines is 1. The first-order valence-corrected chi connectivity index (χ1v) is 9.73. The van der Waals surface area contributed by atoms with Gasteiger partial charge < -0.3 is 5.11 Å². The number of benzene rings is 2. The van der Waals surface area contributed by atoms with Crippen LogP contribution in [0.15, 0.2) is 68.8 Å². The van der Waals surface area contributed by atoms with Crippen molar-refractivity contribution < 1.29 is 9.90 Å². The van der Waals surface area contributed by atoms with Gasteiger partial charge in [0.2, 0.25) is 5.88 Å². The third-order valence-corrected chi connectivity index (χ3v) is 5.06. The minimum atomic E-state index is -0.852. The Hall–Kier alpha value is -3.62. The van der Waals surface area contributed by atoms with Gasteiger partial charge in [-0.1, -0.05) is 35.3 Å². The third-order valence-electron chi connectivity index (χ3n) is 4.59. The molecule has 0 aliphatic carbocycles. The number of halogens is 2. The lowest BCUT2D eigenvalue weighted by Crippen LogP contribution is -2.30. The Bertz CT molecular complexity index is 1400. The molecule has 0 bridgehead atoms. The maximum Gasteiger partial charge on any atom is 0.335 e. The summed E-state index contributed by atoms with van der Waals surface area (Å²) >= 11 is 12.0. The molecule has 0 unspecified atom stereocenters. The molecule has 31 heavy (non-hydrogen) atoms. The number of aromatic hydroxyl groups is 1. The number of hydrogen-bond donors (Lipinski definition) is 2. The Labute approximate surface area is 185 Å². The van der Waals surface area contributed by atoms with Crippen LogP contribution in [0.3, 0.4) is 0 Å². The van der Waals surface area contributed by atoms with Gasteiger partial charge in [-0.3, -0.25) is 14.6 Å². The number of aromatic amines is 1. The molecule has 2 heterocycles. The summed E-state index contributed by atoms with van der Waals surface area (Å²) in [5.41, 5.74) is -0.880. The minimum Gasteiger partial charge on any atom is -0.494 e.